The molecule has 1 aromatic carbocycles. The second kappa shape index (κ2) is 7.04. The lowest BCUT2D eigenvalue weighted by Crippen LogP contribution is -2.33. The summed E-state index contributed by atoms with van der Waals surface area (Å²) in [7, 11) is 0. The number of amides is 1. The SMILES string of the molecule is Cc1cc(C)c(NC(=S)NC(=O)C=Cc2ccco2)c(C)c1. The molecular formula is C17H18N2O2S. The summed E-state index contributed by atoms with van der Waals surface area (Å²) >= 11 is 5.18. The molecule has 114 valence electrons. The number of hydrogen-bond donors (Lipinski definition) is 2. The molecule has 2 rings (SSSR count). The van der Waals surface area contributed by atoms with Crippen molar-refractivity contribution in [2.45, 2.75) is 20.8 Å². The van der Waals surface area contributed by atoms with Crippen molar-refractivity contribution in [2.24, 2.45) is 0 Å². The van der Waals surface area contributed by atoms with Crippen LogP contribution in [0.3, 0.4) is 0 Å². The van der Waals surface area contributed by atoms with E-state index in [0.29, 0.717) is 5.76 Å². The van der Waals surface area contributed by atoms with Crippen molar-refractivity contribution in [3.05, 3.63) is 59.1 Å². The van der Waals surface area contributed by atoms with Gasteiger partial charge in [-0.1, -0.05) is 17.7 Å². The maximum atomic E-state index is 11.8. The summed E-state index contributed by atoms with van der Waals surface area (Å²) in [6.07, 6.45) is 4.51. The minimum atomic E-state index is -0.309. The van der Waals surface area contributed by atoms with E-state index in [2.05, 4.69) is 22.8 Å². The van der Waals surface area contributed by atoms with Crippen molar-refractivity contribution in [1.29, 1.82) is 0 Å². The molecule has 0 atom stereocenters. The zero-order valence-corrected chi connectivity index (χ0v) is 13.6. The first-order valence-electron chi connectivity index (χ1n) is 6.87. The summed E-state index contributed by atoms with van der Waals surface area (Å²) in [6.45, 7) is 6.05. The van der Waals surface area contributed by atoms with Crippen LogP contribution >= 0.6 is 12.2 Å². The zero-order chi connectivity index (χ0) is 16.1. The molecule has 22 heavy (non-hydrogen) atoms. The maximum Gasteiger partial charge on any atom is 0.250 e. The first-order valence-corrected chi connectivity index (χ1v) is 7.28. The van der Waals surface area contributed by atoms with E-state index in [9.17, 15) is 4.79 Å². The second-order valence-electron chi connectivity index (χ2n) is 5.07. The summed E-state index contributed by atoms with van der Waals surface area (Å²) in [4.78, 5) is 11.8. The molecule has 0 spiro atoms. The first-order chi connectivity index (χ1) is 10.5. The van der Waals surface area contributed by atoms with Crippen LogP contribution in [0.4, 0.5) is 5.69 Å². The van der Waals surface area contributed by atoms with Crippen LogP contribution in [-0.4, -0.2) is 11.0 Å². The standard InChI is InChI=1S/C17H18N2O2S/c1-11-9-12(2)16(13(3)10-11)19-17(22)18-15(20)7-6-14-5-4-8-21-14/h4-10H,1-3H3,(H2,18,19,20,22). The highest BCUT2D eigenvalue weighted by molar-refractivity contribution is 7.80. The van der Waals surface area contributed by atoms with Gasteiger partial charge in [0.2, 0.25) is 5.91 Å². The third-order valence-electron chi connectivity index (χ3n) is 3.09. The van der Waals surface area contributed by atoms with Crippen LogP contribution in [0.5, 0.6) is 0 Å². The fourth-order valence-corrected chi connectivity index (χ4v) is 2.42. The first kappa shape index (κ1) is 16.0. The van der Waals surface area contributed by atoms with Crippen molar-refractivity contribution in [2.75, 3.05) is 5.32 Å². The average molecular weight is 314 g/mol. The zero-order valence-electron chi connectivity index (χ0n) is 12.8. The van der Waals surface area contributed by atoms with Gasteiger partial charge in [-0.2, -0.15) is 0 Å². The molecule has 5 heteroatoms. The molecule has 0 saturated carbocycles. The topological polar surface area (TPSA) is 54.3 Å². The molecule has 0 aliphatic rings. The Hall–Kier alpha value is -2.40. The van der Waals surface area contributed by atoms with Crippen LogP contribution in [0.25, 0.3) is 6.08 Å². The lowest BCUT2D eigenvalue weighted by atomic mass is 10.1. The van der Waals surface area contributed by atoms with Crippen molar-refractivity contribution < 1.29 is 9.21 Å². The highest BCUT2D eigenvalue weighted by Crippen LogP contribution is 2.21. The number of furan rings is 1. The van der Waals surface area contributed by atoms with Gasteiger partial charge in [0.05, 0.1) is 6.26 Å². The van der Waals surface area contributed by atoms with Crippen LogP contribution in [-0.2, 0) is 4.79 Å². The fraction of sp³-hybridized carbons (Fsp3) is 0.176. The number of hydrogen-bond acceptors (Lipinski definition) is 3. The average Bonchev–Trinajstić information content (AvgIpc) is 2.94. The number of benzene rings is 1. The Labute approximate surface area is 135 Å². The molecule has 0 bridgehead atoms. The van der Waals surface area contributed by atoms with E-state index < -0.39 is 0 Å². The molecule has 1 heterocycles. The van der Waals surface area contributed by atoms with Crippen molar-refractivity contribution in [3.63, 3.8) is 0 Å². The van der Waals surface area contributed by atoms with Crippen LogP contribution < -0.4 is 10.6 Å². The van der Waals surface area contributed by atoms with Gasteiger partial charge >= 0.3 is 0 Å². The summed E-state index contributed by atoms with van der Waals surface area (Å²) in [5.74, 6) is 0.301. The Kier molecular flexibility index (Phi) is 5.12. The number of rotatable bonds is 3. The molecule has 1 amide bonds. The van der Waals surface area contributed by atoms with E-state index in [1.165, 1.54) is 11.6 Å². The Balaban J connectivity index is 1.97. The van der Waals surface area contributed by atoms with Gasteiger partial charge in [0.15, 0.2) is 5.11 Å². The normalized spacial score (nSPS) is 10.7. The summed E-state index contributed by atoms with van der Waals surface area (Å²) in [6, 6.07) is 7.65. The summed E-state index contributed by atoms with van der Waals surface area (Å²) in [5, 5.41) is 5.95. The molecule has 0 unspecified atom stereocenters. The smallest absolute Gasteiger partial charge is 0.250 e. The van der Waals surface area contributed by atoms with E-state index in [4.69, 9.17) is 16.6 Å². The molecule has 0 saturated heterocycles. The molecule has 2 aromatic rings. The van der Waals surface area contributed by atoms with Gasteiger partial charge in [0.25, 0.3) is 0 Å². The summed E-state index contributed by atoms with van der Waals surface area (Å²) < 4.78 is 5.11. The van der Waals surface area contributed by atoms with Gasteiger partial charge in [-0.3, -0.25) is 10.1 Å². The molecule has 0 aliphatic heterocycles. The van der Waals surface area contributed by atoms with E-state index in [0.717, 1.165) is 16.8 Å². The minimum Gasteiger partial charge on any atom is -0.465 e. The van der Waals surface area contributed by atoms with Gasteiger partial charge in [-0.25, -0.2) is 0 Å². The van der Waals surface area contributed by atoms with E-state index in [1.54, 1.807) is 24.5 Å². The highest BCUT2D eigenvalue weighted by atomic mass is 32.1. The van der Waals surface area contributed by atoms with Crippen molar-refractivity contribution in [1.82, 2.24) is 5.32 Å². The summed E-state index contributed by atoms with van der Waals surface area (Å²) in [5.41, 5.74) is 4.28. The molecular weight excluding hydrogens is 296 g/mol. The predicted octanol–water partition coefficient (Wildman–Crippen LogP) is 3.73. The number of thiocarbonyl (C=S) groups is 1. The quantitative estimate of drug-likeness (QED) is 0.669. The van der Waals surface area contributed by atoms with Crippen molar-refractivity contribution >= 4 is 35.0 Å². The Morgan fingerprint density at radius 1 is 1.23 bits per heavy atom. The van der Waals surface area contributed by atoms with Gasteiger partial charge in [-0.05, 0) is 62.3 Å². The van der Waals surface area contributed by atoms with Crippen LogP contribution in [0.15, 0.2) is 41.0 Å². The van der Waals surface area contributed by atoms with Crippen LogP contribution in [0.1, 0.15) is 22.5 Å². The third-order valence-corrected chi connectivity index (χ3v) is 3.30. The molecule has 1 aromatic heterocycles. The fourth-order valence-electron chi connectivity index (χ4n) is 2.22. The number of nitrogens with one attached hydrogen (secondary N) is 2. The van der Waals surface area contributed by atoms with Gasteiger partial charge in [-0.15, -0.1) is 0 Å². The Morgan fingerprint density at radius 3 is 2.50 bits per heavy atom. The number of anilines is 1. The maximum absolute atomic E-state index is 11.8. The third kappa shape index (κ3) is 4.30. The number of aryl methyl sites for hydroxylation is 3. The molecule has 0 fully saturated rings. The van der Waals surface area contributed by atoms with E-state index >= 15 is 0 Å². The minimum absolute atomic E-state index is 0.268. The molecule has 2 N–H and O–H groups in total. The predicted molar refractivity (Wildman–Crippen MR) is 92.8 cm³/mol. The van der Waals surface area contributed by atoms with Crippen LogP contribution in [0, 0.1) is 20.8 Å². The number of carbonyl (C=O) groups is 1. The van der Waals surface area contributed by atoms with Crippen molar-refractivity contribution in [3.8, 4) is 0 Å². The number of carbonyl (C=O) groups excluding carboxylic acids is 1. The lowest BCUT2D eigenvalue weighted by Gasteiger charge is -2.14. The largest absolute Gasteiger partial charge is 0.465 e. The molecule has 0 radical (unpaired) electrons. The van der Waals surface area contributed by atoms with Gasteiger partial charge in [0.1, 0.15) is 5.76 Å². The monoisotopic (exact) mass is 314 g/mol. The van der Waals surface area contributed by atoms with Gasteiger partial charge < -0.3 is 9.73 Å². The van der Waals surface area contributed by atoms with Gasteiger partial charge in [0, 0.05) is 11.8 Å². The Morgan fingerprint density at radius 2 is 1.91 bits per heavy atom. The molecule has 4 nitrogen and oxygen atoms in total. The van der Waals surface area contributed by atoms with E-state index in [-0.39, 0.29) is 11.0 Å². The Bertz CT molecular complexity index is 695. The van der Waals surface area contributed by atoms with E-state index in [1.807, 2.05) is 20.8 Å². The lowest BCUT2D eigenvalue weighted by molar-refractivity contribution is -0.115. The molecule has 0 aliphatic carbocycles. The van der Waals surface area contributed by atoms with Crippen LogP contribution in [0.2, 0.25) is 0 Å². The highest BCUT2D eigenvalue weighted by Gasteiger charge is 2.07. The second-order valence-corrected chi connectivity index (χ2v) is 5.47.